The van der Waals surface area contributed by atoms with Gasteiger partial charge >= 0.3 is 6.18 Å². The molecule has 5 nitrogen and oxygen atoms in total. The highest BCUT2D eigenvalue weighted by atomic mass is 32.2. The van der Waals surface area contributed by atoms with Gasteiger partial charge in [-0.25, -0.2) is 13.1 Å². The van der Waals surface area contributed by atoms with Crippen molar-refractivity contribution in [2.75, 3.05) is 26.4 Å². The first-order valence-corrected chi connectivity index (χ1v) is 7.12. The summed E-state index contributed by atoms with van der Waals surface area (Å²) in [5.74, 6) is 0. The highest BCUT2D eigenvalue weighted by molar-refractivity contribution is 7.89. The first-order chi connectivity index (χ1) is 9.29. The number of hydrogen-bond acceptors (Lipinski definition) is 4. The summed E-state index contributed by atoms with van der Waals surface area (Å²) < 4.78 is 68.6. The van der Waals surface area contributed by atoms with E-state index in [4.69, 9.17) is 9.84 Å². The second kappa shape index (κ2) is 7.02. The van der Waals surface area contributed by atoms with Crippen molar-refractivity contribution in [2.24, 2.45) is 0 Å². The fourth-order valence-electron chi connectivity index (χ4n) is 1.43. The quantitative estimate of drug-likeness (QED) is 0.736. The van der Waals surface area contributed by atoms with Gasteiger partial charge in [0.15, 0.2) is 0 Å². The SMILES string of the molecule is O=S(=O)(NCCOCCO)c1ccccc1C(F)(F)F. The van der Waals surface area contributed by atoms with Crippen molar-refractivity contribution in [1.82, 2.24) is 4.72 Å². The van der Waals surface area contributed by atoms with Gasteiger partial charge in [0.05, 0.1) is 30.3 Å². The largest absolute Gasteiger partial charge is 0.417 e. The van der Waals surface area contributed by atoms with Gasteiger partial charge in [0, 0.05) is 6.54 Å². The Hall–Kier alpha value is -1.16. The molecular formula is C11H14F3NO4S. The molecule has 0 unspecified atom stereocenters. The Morgan fingerprint density at radius 1 is 1.20 bits per heavy atom. The van der Waals surface area contributed by atoms with Crippen molar-refractivity contribution in [2.45, 2.75) is 11.1 Å². The van der Waals surface area contributed by atoms with Gasteiger partial charge in [0.1, 0.15) is 0 Å². The first-order valence-electron chi connectivity index (χ1n) is 5.63. The Morgan fingerprint density at radius 2 is 1.85 bits per heavy atom. The zero-order chi connectivity index (χ0) is 15.2. The molecule has 114 valence electrons. The fourth-order valence-corrected chi connectivity index (χ4v) is 2.67. The van der Waals surface area contributed by atoms with Crippen LogP contribution in [0.1, 0.15) is 5.56 Å². The Bertz CT molecular complexity index is 531. The predicted octanol–water partition coefficient (Wildman–Crippen LogP) is 0.993. The van der Waals surface area contributed by atoms with Crippen LogP contribution in [0, 0.1) is 0 Å². The van der Waals surface area contributed by atoms with Crippen molar-refractivity contribution < 1.29 is 31.4 Å². The average molecular weight is 313 g/mol. The normalized spacial score (nSPS) is 12.6. The number of aliphatic hydroxyl groups is 1. The van der Waals surface area contributed by atoms with Crippen molar-refractivity contribution in [3.63, 3.8) is 0 Å². The van der Waals surface area contributed by atoms with E-state index in [1.54, 1.807) is 0 Å². The molecular weight excluding hydrogens is 299 g/mol. The van der Waals surface area contributed by atoms with Crippen LogP contribution in [0.3, 0.4) is 0 Å². The number of halogens is 3. The molecule has 0 radical (unpaired) electrons. The van der Waals surface area contributed by atoms with Gasteiger partial charge in [0.25, 0.3) is 0 Å². The monoisotopic (exact) mass is 313 g/mol. The minimum absolute atomic E-state index is 0.0286. The summed E-state index contributed by atoms with van der Waals surface area (Å²) >= 11 is 0. The molecule has 1 aromatic carbocycles. The minimum atomic E-state index is -4.75. The van der Waals surface area contributed by atoms with Crippen LogP contribution in [0.4, 0.5) is 13.2 Å². The number of sulfonamides is 1. The molecule has 0 heterocycles. The maximum absolute atomic E-state index is 12.7. The van der Waals surface area contributed by atoms with E-state index in [0.29, 0.717) is 6.07 Å². The summed E-state index contributed by atoms with van der Waals surface area (Å²) in [6, 6.07) is 3.93. The van der Waals surface area contributed by atoms with Gasteiger partial charge in [-0.05, 0) is 12.1 Å². The van der Waals surface area contributed by atoms with Crippen LogP contribution in [0.2, 0.25) is 0 Å². The molecule has 0 saturated heterocycles. The van der Waals surface area contributed by atoms with Crippen molar-refractivity contribution >= 4 is 10.0 Å². The van der Waals surface area contributed by atoms with E-state index in [1.807, 2.05) is 4.72 Å². The van der Waals surface area contributed by atoms with Gasteiger partial charge in [-0.3, -0.25) is 0 Å². The first kappa shape index (κ1) is 16.9. The lowest BCUT2D eigenvalue weighted by Gasteiger charge is -2.13. The Labute approximate surface area is 114 Å². The lowest BCUT2D eigenvalue weighted by molar-refractivity contribution is -0.139. The third-order valence-corrected chi connectivity index (χ3v) is 3.78. The van der Waals surface area contributed by atoms with Gasteiger partial charge < -0.3 is 9.84 Å². The van der Waals surface area contributed by atoms with Crippen LogP contribution < -0.4 is 4.72 Å². The van der Waals surface area contributed by atoms with E-state index in [-0.39, 0.29) is 26.4 Å². The molecule has 0 aliphatic rings. The maximum atomic E-state index is 12.7. The second-order valence-corrected chi connectivity index (χ2v) is 5.46. The zero-order valence-electron chi connectivity index (χ0n) is 10.4. The highest BCUT2D eigenvalue weighted by Crippen LogP contribution is 2.33. The van der Waals surface area contributed by atoms with Crippen LogP contribution in [0.5, 0.6) is 0 Å². The predicted molar refractivity (Wildman–Crippen MR) is 64.5 cm³/mol. The molecule has 0 bridgehead atoms. The van der Waals surface area contributed by atoms with Crippen molar-refractivity contribution in [3.05, 3.63) is 29.8 Å². The molecule has 1 aromatic rings. The second-order valence-electron chi connectivity index (χ2n) is 3.73. The lowest BCUT2D eigenvalue weighted by atomic mass is 10.2. The number of ether oxygens (including phenoxy) is 1. The van der Waals surface area contributed by atoms with E-state index in [0.717, 1.165) is 12.1 Å². The molecule has 1 rings (SSSR count). The summed E-state index contributed by atoms with van der Waals surface area (Å²) in [6.07, 6.45) is -4.75. The Balaban J connectivity index is 2.83. The topological polar surface area (TPSA) is 75.6 Å². The van der Waals surface area contributed by atoms with Crippen LogP contribution >= 0.6 is 0 Å². The Kier molecular flexibility index (Phi) is 5.93. The molecule has 0 aromatic heterocycles. The molecule has 20 heavy (non-hydrogen) atoms. The maximum Gasteiger partial charge on any atom is 0.417 e. The Morgan fingerprint density at radius 3 is 2.45 bits per heavy atom. The summed E-state index contributed by atoms with van der Waals surface area (Å²) in [4.78, 5) is -0.824. The molecule has 0 atom stereocenters. The van der Waals surface area contributed by atoms with Gasteiger partial charge in [-0.1, -0.05) is 12.1 Å². The van der Waals surface area contributed by atoms with Crippen LogP contribution in [-0.4, -0.2) is 39.9 Å². The van der Waals surface area contributed by atoms with Crippen LogP contribution in [0.15, 0.2) is 29.2 Å². The third kappa shape index (κ3) is 4.75. The van der Waals surface area contributed by atoms with E-state index in [9.17, 15) is 21.6 Å². The van der Waals surface area contributed by atoms with Crippen LogP contribution in [0.25, 0.3) is 0 Å². The average Bonchev–Trinajstić information content (AvgIpc) is 2.37. The van der Waals surface area contributed by atoms with E-state index in [1.165, 1.54) is 6.07 Å². The van der Waals surface area contributed by atoms with Crippen LogP contribution in [-0.2, 0) is 20.9 Å². The number of aliphatic hydroxyl groups excluding tert-OH is 1. The summed E-state index contributed by atoms with van der Waals surface area (Å²) in [5.41, 5.74) is -1.22. The number of alkyl halides is 3. The molecule has 0 spiro atoms. The van der Waals surface area contributed by atoms with Gasteiger partial charge in [-0.2, -0.15) is 13.2 Å². The van der Waals surface area contributed by atoms with E-state index < -0.39 is 26.7 Å². The molecule has 9 heteroatoms. The molecule has 0 aliphatic carbocycles. The summed E-state index contributed by atoms with van der Waals surface area (Å²) in [6.45, 7) is -0.424. The number of hydrogen-bond donors (Lipinski definition) is 2. The fraction of sp³-hybridized carbons (Fsp3) is 0.455. The number of nitrogens with one attached hydrogen (secondary N) is 1. The van der Waals surface area contributed by atoms with Crippen molar-refractivity contribution in [1.29, 1.82) is 0 Å². The van der Waals surface area contributed by atoms with Gasteiger partial charge in [0.2, 0.25) is 10.0 Å². The standard InChI is InChI=1S/C11H14F3NO4S/c12-11(13,14)9-3-1-2-4-10(9)20(17,18)15-5-7-19-8-6-16/h1-4,15-16H,5-8H2. The highest BCUT2D eigenvalue weighted by Gasteiger charge is 2.36. The third-order valence-electron chi connectivity index (χ3n) is 2.26. The van der Waals surface area contributed by atoms with Crippen molar-refractivity contribution in [3.8, 4) is 0 Å². The molecule has 0 fully saturated rings. The number of benzene rings is 1. The minimum Gasteiger partial charge on any atom is -0.394 e. The molecule has 2 N–H and O–H groups in total. The van der Waals surface area contributed by atoms with E-state index in [2.05, 4.69) is 0 Å². The smallest absolute Gasteiger partial charge is 0.394 e. The molecule has 0 saturated carbocycles. The summed E-state index contributed by atoms with van der Waals surface area (Å²) in [5, 5.41) is 8.44. The zero-order valence-corrected chi connectivity index (χ0v) is 11.2. The lowest BCUT2D eigenvalue weighted by Crippen LogP contribution is -2.29. The number of rotatable bonds is 7. The molecule has 0 aliphatic heterocycles. The van der Waals surface area contributed by atoms with E-state index >= 15 is 0 Å². The summed E-state index contributed by atoms with van der Waals surface area (Å²) in [7, 11) is -4.27. The van der Waals surface area contributed by atoms with Gasteiger partial charge in [-0.15, -0.1) is 0 Å². The molecule has 0 amide bonds.